The van der Waals surface area contributed by atoms with Crippen molar-refractivity contribution >= 4 is 29.0 Å². The van der Waals surface area contributed by atoms with Gasteiger partial charge in [0, 0.05) is 49.3 Å². The van der Waals surface area contributed by atoms with Gasteiger partial charge in [-0.05, 0) is 24.3 Å². The van der Waals surface area contributed by atoms with Crippen molar-refractivity contribution in [3.05, 3.63) is 47.4 Å². The number of amides is 1. The van der Waals surface area contributed by atoms with Crippen LogP contribution in [0.3, 0.4) is 0 Å². The number of nitrogens with zero attached hydrogens (tertiary/aromatic N) is 5. The number of aromatic nitrogens is 2. The van der Waals surface area contributed by atoms with Crippen LogP contribution in [0.5, 0.6) is 0 Å². The largest absolute Gasteiger partial charge is 0.368 e. The van der Waals surface area contributed by atoms with Crippen molar-refractivity contribution < 1.29 is 4.79 Å². The topological polar surface area (TPSA) is 85.1 Å². The molecule has 1 fully saturated rings. The first-order chi connectivity index (χ1) is 12.2. The molecule has 0 bridgehead atoms. The SMILES string of the molecule is N#Cc1nccnc1NCC(=O)N1CCN(c2ccc(Cl)cc2)CC1. The maximum atomic E-state index is 12.4. The van der Waals surface area contributed by atoms with E-state index in [-0.39, 0.29) is 18.1 Å². The van der Waals surface area contributed by atoms with E-state index in [1.54, 1.807) is 0 Å². The van der Waals surface area contributed by atoms with Crippen LogP contribution in [0, 0.1) is 11.3 Å². The van der Waals surface area contributed by atoms with E-state index >= 15 is 0 Å². The van der Waals surface area contributed by atoms with Gasteiger partial charge in [-0.25, -0.2) is 9.97 Å². The summed E-state index contributed by atoms with van der Waals surface area (Å²) in [6.07, 6.45) is 2.93. The number of nitriles is 1. The zero-order valence-corrected chi connectivity index (χ0v) is 14.3. The lowest BCUT2D eigenvalue weighted by Gasteiger charge is -2.36. The minimum Gasteiger partial charge on any atom is -0.368 e. The number of benzene rings is 1. The van der Waals surface area contributed by atoms with Gasteiger partial charge in [0.25, 0.3) is 0 Å². The fraction of sp³-hybridized carbons (Fsp3) is 0.294. The maximum absolute atomic E-state index is 12.4. The molecule has 1 aliphatic heterocycles. The lowest BCUT2D eigenvalue weighted by molar-refractivity contribution is -0.129. The molecule has 1 amide bonds. The van der Waals surface area contributed by atoms with Gasteiger partial charge in [0.2, 0.25) is 5.91 Å². The number of hydrogen-bond acceptors (Lipinski definition) is 6. The molecule has 1 aromatic carbocycles. The Bertz CT molecular complexity index is 780. The van der Waals surface area contributed by atoms with Gasteiger partial charge in [-0.15, -0.1) is 0 Å². The third kappa shape index (κ3) is 4.17. The molecule has 0 unspecified atom stereocenters. The molecule has 2 aromatic rings. The second kappa shape index (κ2) is 7.81. The van der Waals surface area contributed by atoms with Crippen LogP contribution in [-0.2, 0) is 4.79 Å². The van der Waals surface area contributed by atoms with Crippen molar-refractivity contribution in [1.82, 2.24) is 14.9 Å². The average Bonchev–Trinajstić information content (AvgIpc) is 2.67. The standard InChI is InChI=1S/C17H17ClN6O/c18-13-1-3-14(4-2-13)23-7-9-24(10-8-23)16(25)12-22-17-15(11-19)20-5-6-21-17/h1-6H,7-10,12H2,(H,21,22). The highest BCUT2D eigenvalue weighted by molar-refractivity contribution is 6.30. The van der Waals surface area contributed by atoms with Crippen LogP contribution in [0.25, 0.3) is 0 Å². The normalized spacial score (nSPS) is 14.1. The number of hydrogen-bond donors (Lipinski definition) is 1. The third-order valence-corrected chi connectivity index (χ3v) is 4.29. The van der Waals surface area contributed by atoms with Crippen LogP contribution >= 0.6 is 11.6 Å². The summed E-state index contributed by atoms with van der Waals surface area (Å²) in [6.45, 7) is 2.92. The van der Waals surface area contributed by atoms with Crippen molar-refractivity contribution in [2.45, 2.75) is 0 Å². The van der Waals surface area contributed by atoms with Gasteiger partial charge >= 0.3 is 0 Å². The summed E-state index contributed by atoms with van der Waals surface area (Å²) in [7, 11) is 0. The summed E-state index contributed by atoms with van der Waals surface area (Å²) >= 11 is 5.91. The molecular formula is C17H17ClN6O. The number of halogens is 1. The molecule has 0 radical (unpaired) electrons. The first-order valence-corrected chi connectivity index (χ1v) is 8.28. The van der Waals surface area contributed by atoms with Crippen LogP contribution < -0.4 is 10.2 Å². The molecule has 0 spiro atoms. The van der Waals surface area contributed by atoms with Crippen LogP contribution in [0.4, 0.5) is 11.5 Å². The Morgan fingerprint density at radius 2 is 1.84 bits per heavy atom. The molecular weight excluding hydrogens is 340 g/mol. The maximum Gasteiger partial charge on any atom is 0.242 e. The minimum absolute atomic E-state index is 0.0229. The first kappa shape index (κ1) is 17.0. The Morgan fingerprint density at radius 1 is 1.16 bits per heavy atom. The van der Waals surface area contributed by atoms with E-state index in [0.29, 0.717) is 23.9 Å². The molecule has 7 nitrogen and oxygen atoms in total. The predicted molar refractivity (Wildman–Crippen MR) is 95.5 cm³/mol. The van der Waals surface area contributed by atoms with Crippen LogP contribution in [0.15, 0.2) is 36.7 Å². The van der Waals surface area contributed by atoms with Crippen molar-refractivity contribution in [3.63, 3.8) is 0 Å². The Kier molecular flexibility index (Phi) is 5.31. The van der Waals surface area contributed by atoms with E-state index in [9.17, 15) is 4.79 Å². The number of rotatable bonds is 4. The van der Waals surface area contributed by atoms with Crippen molar-refractivity contribution in [1.29, 1.82) is 5.26 Å². The third-order valence-electron chi connectivity index (χ3n) is 4.04. The van der Waals surface area contributed by atoms with Gasteiger partial charge in [-0.1, -0.05) is 11.6 Å². The summed E-state index contributed by atoms with van der Waals surface area (Å²) in [5.41, 5.74) is 1.29. The number of anilines is 2. The minimum atomic E-state index is -0.0229. The van der Waals surface area contributed by atoms with E-state index in [1.165, 1.54) is 12.4 Å². The molecule has 1 aliphatic rings. The molecule has 1 saturated heterocycles. The van der Waals surface area contributed by atoms with Gasteiger partial charge in [0.1, 0.15) is 6.07 Å². The molecule has 128 valence electrons. The number of carbonyl (C=O) groups excluding carboxylic acids is 1. The Labute approximate surface area is 150 Å². The van der Waals surface area contributed by atoms with Gasteiger partial charge in [-0.3, -0.25) is 4.79 Å². The Balaban J connectivity index is 1.51. The first-order valence-electron chi connectivity index (χ1n) is 7.90. The molecule has 25 heavy (non-hydrogen) atoms. The van der Waals surface area contributed by atoms with Crippen molar-refractivity contribution in [2.24, 2.45) is 0 Å². The highest BCUT2D eigenvalue weighted by atomic mass is 35.5. The fourth-order valence-corrected chi connectivity index (χ4v) is 2.81. The predicted octanol–water partition coefficient (Wildman–Crippen LogP) is 1.76. The molecule has 1 aromatic heterocycles. The van der Waals surface area contributed by atoms with Crippen molar-refractivity contribution in [3.8, 4) is 6.07 Å². The lowest BCUT2D eigenvalue weighted by Crippen LogP contribution is -2.50. The number of carbonyl (C=O) groups is 1. The monoisotopic (exact) mass is 356 g/mol. The Morgan fingerprint density at radius 3 is 2.52 bits per heavy atom. The van der Waals surface area contributed by atoms with E-state index in [1.807, 2.05) is 35.2 Å². The quantitative estimate of drug-likeness (QED) is 0.898. The van der Waals surface area contributed by atoms with Crippen LogP contribution in [0.2, 0.25) is 5.02 Å². The zero-order valence-electron chi connectivity index (χ0n) is 13.5. The Hall–Kier alpha value is -2.85. The lowest BCUT2D eigenvalue weighted by atomic mass is 10.2. The van der Waals surface area contributed by atoms with E-state index in [0.717, 1.165) is 18.8 Å². The zero-order chi connectivity index (χ0) is 17.6. The molecule has 3 rings (SSSR count). The second-order valence-electron chi connectivity index (χ2n) is 5.56. The number of piperazine rings is 1. The van der Waals surface area contributed by atoms with E-state index in [4.69, 9.17) is 16.9 Å². The molecule has 0 aliphatic carbocycles. The summed E-state index contributed by atoms with van der Waals surface area (Å²) < 4.78 is 0. The van der Waals surface area contributed by atoms with Gasteiger partial charge < -0.3 is 15.1 Å². The molecule has 1 N–H and O–H groups in total. The summed E-state index contributed by atoms with van der Waals surface area (Å²) in [6, 6.07) is 9.65. The van der Waals surface area contributed by atoms with E-state index in [2.05, 4.69) is 20.2 Å². The van der Waals surface area contributed by atoms with Gasteiger partial charge in [-0.2, -0.15) is 5.26 Å². The molecule has 2 heterocycles. The van der Waals surface area contributed by atoms with Crippen LogP contribution in [0.1, 0.15) is 5.69 Å². The smallest absolute Gasteiger partial charge is 0.242 e. The highest BCUT2D eigenvalue weighted by Crippen LogP contribution is 2.19. The highest BCUT2D eigenvalue weighted by Gasteiger charge is 2.21. The van der Waals surface area contributed by atoms with Crippen molar-refractivity contribution in [2.75, 3.05) is 42.9 Å². The molecule has 0 saturated carbocycles. The van der Waals surface area contributed by atoms with E-state index < -0.39 is 0 Å². The van der Waals surface area contributed by atoms with Crippen LogP contribution in [-0.4, -0.2) is 53.5 Å². The van der Waals surface area contributed by atoms with Gasteiger partial charge in [0.15, 0.2) is 11.5 Å². The fourth-order valence-electron chi connectivity index (χ4n) is 2.69. The average molecular weight is 357 g/mol. The van der Waals surface area contributed by atoms with Gasteiger partial charge in [0.05, 0.1) is 6.54 Å². The molecule has 8 heteroatoms. The summed E-state index contributed by atoms with van der Waals surface area (Å²) in [5.74, 6) is 0.309. The molecule has 0 atom stereocenters. The number of nitrogens with one attached hydrogen (secondary N) is 1. The second-order valence-corrected chi connectivity index (χ2v) is 6.00. The summed E-state index contributed by atoms with van der Waals surface area (Å²) in [5, 5.41) is 12.6. The summed E-state index contributed by atoms with van der Waals surface area (Å²) in [4.78, 5) is 24.3.